The molecular formula is C23H22ClN3O3. The number of fused-ring (bicyclic) bond motifs is 1. The van der Waals surface area contributed by atoms with Gasteiger partial charge in [-0.3, -0.25) is 9.59 Å². The lowest BCUT2D eigenvalue weighted by Gasteiger charge is -2.34. The maximum Gasteiger partial charge on any atom is 0.315 e. The van der Waals surface area contributed by atoms with Crippen molar-refractivity contribution < 1.29 is 9.90 Å². The first-order valence-corrected chi connectivity index (χ1v) is 10.2. The van der Waals surface area contributed by atoms with Gasteiger partial charge in [-0.1, -0.05) is 48.0 Å². The molecule has 3 aromatic rings. The summed E-state index contributed by atoms with van der Waals surface area (Å²) in [6.45, 7) is 4.79. The number of benzene rings is 2. The van der Waals surface area contributed by atoms with E-state index in [0.29, 0.717) is 30.4 Å². The van der Waals surface area contributed by atoms with E-state index in [1.165, 1.54) is 0 Å². The summed E-state index contributed by atoms with van der Waals surface area (Å²) in [6.07, 6.45) is 0.357. The summed E-state index contributed by atoms with van der Waals surface area (Å²) in [5.74, 6) is -0.466. The van der Waals surface area contributed by atoms with Crippen LogP contribution in [-0.2, 0) is 13.0 Å². The van der Waals surface area contributed by atoms with Crippen molar-refractivity contribution in [1.29, 1.82) is 0 Å². The fourth-order valence-electron chi connectivity index (χ4n) is 3.88. The smallest absolute Gasteiger partial charge is 0.315 e. The summed E-state index contributed by atoms with van der Waals surface area (Å²) >= 11 is 6.02. The van der Waals surface area contributed by atoms with Gasteiger partial charge in [0.15, 0.2) is 5.69 Å². The predicted octanol–water partition coefficient (Wildman–Crippen LogP) is 3.72. The topological polar surface area (TPSA) is 75.4 Å². The number of carbonyl (C=O) groups excluding carboxylic acids is 1. The zero-order chi connectivity index (χ0) is 21.4. The van der Waals surface area contributed by atoms with E-state index in [2.05, 4.69) is 4.98 Å². The third kappa shape index (κ3) is 3.59. The molecule has 2 aromatic carbocycles. The number of nitrogens with zero attached hydrogens (tertiary/aromatic N) is 3. The first-order chi connectivity index (χ1) is 14.4. The van der Waals surface area contributed by atoms with Crippen molar-refractivity contribution in [3.8, 4) is 16.9 Å². The van der Waals surface area contributed by atoms with Crippen LogP contribution in [0.1, 0.15) is 35.7 Å². The van der Waals surface area contributed by atoms with E-state index >= 15 is 0 Å². The van der Waals surface area contributed by atoms with Gasteiger partial charge in [-0.15, -0.1) is 0 Å². The summed E-state index contributed by atoms with van der Waals surface area (Å²) in [6, 6.07) is 15.4. The van der Waals surface area contributed by atoms with Gasteiger partial charge in [-0.05, 0) is 42.7 Å². The van der Waals surface area contributed by atoms with Crippen LogP contribution >= 0.6 is 11.6 Å². The SMILES string of the molecule is CC(C)N1CCn2c(Cc3ccccc3-c3ccc(Cl)cc3)nc(=O)c(O)c2C1=O. The molecule has 0 fully saturated rings. The zero-order valence-electron chi connectivity index (χ0n) is 16.8. The highest BCUT2D eigenvalue weighted by Gasteiger charge is 2.32. The molecule has 1 amide bonds. The Morgan fingerprint density at radius 1 is 1.07 bits per heavy atom. The molecule has 1 N–H and O–H groups in total. The van der Waals surface area contributed by atoms with E-state index in [1.54, 1.807) is 9.47 Å². The molecular weight excluding hydrogens is 402 g/mol. The molecule has 30 heavy (non-hydrogen) atoms. The monoisotopic (exact) mass is 423 g/mol. The number of halogens is 1. The molecule has 2 heterocycles. The fourth-order valence-corrected chi connectivity index (χ4v) is 4.00. The number of carbonyl (C=O) groups is 1. The summed E-state index contributed by atoms with van der Waals surface area (Å²) < 4.78 is 1.68. The number of hydrogen-bond donors (Lipinski definition) is 1. The minimum absolute atomic E-state index is 0.0222. The van der Waals surface area contributed by atoms with Gasteiger partial charge in [0.1, 0.15) is 5.82 Å². The lowest BCUT2D eigenvalue weighted by Crippen LogP contribution is -2.46. The van der Waals surface area contributed by atoms with Crippen molar-refractivity contribution in [3.05, 3.63) is 81.0 Å². The van der Waals surface area contributed by atoms with E-state index in [9.17, 15) is 14.7 Å². The van der Waals surface area contributed by atoms with Crippen LogP contribution in [0.5, 0.6) is 5.75 Å². The molecule has 0 atom stereocenters. The number of aromatic nitrogens is 2. The minimum atomic E-state index is -0.779. The maximum atomic E-state index is 12.9. The molecule has 6 nitrogen and oxygen atoms in total. The minimum Gasteiger partial charge on any atom is -0.501 e. The average molecular weight is 424 g/mol. The van der Waals surface area contributed by atoms with Crippen LogP contribution in [0.3, 0.4) is 0 Å². The van der Waals surface area contributed by atoms with Gasteiger partial charge in [0.25, 0.3) is 5.91 Å². The van der Waals surface area contributed by atoms with Crippen LogP contribution in [0.25, 0.3) is 11.1 Å². The van der Waals surface area contributed by atoms with E-state index in [-0.39, 0.29) is 17.6 Å². The average Bonchev–Trinajstić information content (AvgIpc) is 2.72. The zero-order valence-corrected chi connectivity index (χ0v) is 17.6. The molecule has 1 aromatic heterocycles. The Morgan fingerprint density at radius 3 is 2.47 bits per heavy atom. The first-order valence-electron chi connectivity index (χ1n) is 9.84. The van der Waals surface area contributed by atoms with Gasteiger partial charge in [0.2, 0.25) is 5.75 Å². The Labute approximate surface area is 179 Å². The highest BCUT2D eigenvalue weighted by atomic mass is 35.5. The Hall–Kier alpha value is -3.12. The summed E-state index contributed by atoms with van der Waals surface area (Å²) in [4.78, 5) is 31.0. The molecule has 1 aliphatic heterocycles. The van der Waals surface area contributed by atoms with E-state index in [0.717, 1.165) is 16.7 Å². The standard InChI is InChI=1S/C23H22ClN3O3/c1-14(2)26-11-12-27-19(25-22(29)21(28)20(27)23(26)30)13-16-5-3-4-6-18(16)15-7-9-17(24)10-8-15/h3-10,14,28H,11-13H2,1-2H3. The van der Waals surface area contributed by atoms with E-state index in [1.807, 2.05) is 62.4 Å². The number of hydrogen-bond acceptors (Lipinski definition) is 4. The molecule has 0 bridgehead atoms. The van der Waals surface area contributed by atoms with Gasteiger partial charge in [-0.25, -0.2) is 0 Å². The van der Waals surface area contributed by atoms with Crippen molar-refractivity contribution >= 4 is 17.5 Å². The van der Waals surface area contributed by atoms with E-state index in [4.69, 9.17) is 11.6 Å². The highest BCUT2D eigenvalue weighted by Crippen LogP contribution is 2.28. The second kappa shape index (κ2) is 7.95. The van der Waals surface area contributed by atoms with Crippen LogP contribution in [0.2, 0.25) is 5.02 Å². The molecule has 154 valence electrons. The molecule has 0 spiro atoms. The van der Waals surface area contributed by atoms with Crippen molar-refractivity contribution in [2.24, 2.45) is 0 Å². The molecule has 7 heteroatoms. The van der Waals surface area contributed by atoms with Gasteiger partial charge >= 0.3 is 5.56 Å². The Kier molecular flexibility index (Phi) is 5.35. The summed E-state index contributed by atoms with van der Waals surface area (Å²) in [5, 5.41) is 11.0. The second-order valence-corrected chi connectivity index (χ2v) is 8.05. The Morgan fingerprint density at radius 2 is 1.77 bits per heavy atom. The quantitative estimate of drug-likeness (QED) is 0.693. The van der Waals surface area contributed by atoms with Gasteiger partial charge in [0, 0.05) is 30.6 Å². The molecule has 1 aliphatic rings. The van der Waals surface area contributed by atoms with Crippen LogP contribution in [0.15, 0.2) is 53.3 Å². The van der Waals surface area contributed by atoms with Crippen LogP contribution in [0.4, 0.5) is 0 Å². The number of rotatable bonds is 4. The van der Waals surface area contributed by atoms with Crippen molar-refractivity contribution in [2.75, 3.05) is 6.54 Å². The lowest BCUT2D eigenvalue weighted by atomic mass is 9.97. The van der Waals surface area contributed by atoms with Gasteiger partial charge < -0.3 is 14.6 Å². The maximum absolute atomic E-state index is 12.9. The first kappa shape index (κ1) is 20.2. The Bertz CT molecular complexity index is 1170. The molecule has 0 saturated heterocycles. The summed E-state index contributed by atoms with van der Waals surface area (Å²) in [5.41, 5.74) is 2.20. The highest BCUT2D eigenvalue weighted by molar-refractivity contribution is 6.30. The normalized spacial score (nSPS) is 13.6. The summed E-state index contributed by atoms with van der Waals surface area (Å²) in [7, 11) is 0. The van der Waals surface area contributed by atoms with Crippen LogP contribution in [0, 0.1) is 0 Å². The largest absolute Gasteiger partial charge is 0.501 e. The second-order valence-electron chi connectivity index (χ2n) is 7.62. The van der Waals surface area contributed by atoms with Crippen LogP contribution in [-0.4, -0.2) is 38.1 Å². The van der Waals surface area contributed by atoms with Gasteiger partial charge in [0.05, 0.1) is 0 Å². The molecule has 0 radical (unpaired) electrons. The van der Waals surface area contributed by atoms with Crippen LogP contribution < -0.4 is 5.56 Å². The third-order valence-electron chi connectivity index (χ3n) is 5.41. The van der Waals surface area contributed by atoms with Crippen molar-refractivity contribution in [1.82, 2.24) is 14.5 Å². The predicted molar refractivity (Wildman–Crippen MR) is 116 cm³/mol. The molecule has 0 unspecified atom stereocenters. The van der Waals surface area contributed by atoms with E-state index < -0.39 is 11.3 Å². The van der Waals surface area contributed by atoms with Crippen molar-refractivity contribution in [3.63, 3.8) is 0 Å². The number of amides is 1. The van der Waals surface area contributed by atoms with Gasteiger partial charge in [-0.2, -0.15) is 4.98 Å². The lowest BCUT2D eigenvalue weighted by molar-refractivity contribution is 0.0638. The Balaban J connectivity index is 1.80. The number of aromatic hydroxyl groups is 1. The molecule has 4 rings (SSSR count). The van der Waals surface area contributed by atoms with Crippen molar-refractivity contribution in [2.45, 2.75) is 32.9 Å². The molecule has 0 aliphatic carbocycles. The third-order valence-corrected chi connectivity index (χ3v) is 5.66. The molecule has 0 saturated carbocycles. The fraction of sp³-hybridized carbons (Fsp3) is 0.261.